The number of nitrogens with zero attached hydrogens (tertiary/aromatic N) is 2. The molecule has 0 aliphatic carbocycles. The van der Waals surface area contributed by atoms with Crippen molar-refractivity contribution in [3.63, 3.8) is 0 Å². The van der Waals surface area contributed by atoms with Crippen LogP contribution in [0, 0.1) is 11.3 Å². The van der Waals surface area contributed by atoms with Gasteiger partial charge in [-0.2, -0.15) is 5.26 Å². The second kappa shape index (κ2) is 5.32. The zero-order valence-corrected chi connectivity index (χ0v) is 15.4. The van der Waals surface area contributed by atoms with Gasteiger partial charge in [-0.05, 0) is 36.3 Å². The second-order valence-electron chi connectivity index (χ2n) is 7.47. The average molecular weight is 384 g/mol. The van der Waals surface area contributed by atoms with Gasteiger partial charge in [0.1, 0.15) is 17.3 Å². The van der Waals surface area contributed by atoms with Crippen molar-refractivity contribution in [1.29, 1.82) is 5.26 Å². The summed E-state index contributed by atoms with van der Waals surface area (Å²) in [5.41, 5.74) is 9.81. The summed E-state index contributed by atoms with van der Waals surface area (Å²) in [6.45, 7) is 0.816. The molecule has 1 spiro atoms. The maximum Gasteiger partial charge on any atom is 0.244 e. The van der Waals surface area contributed by atoms with Gasteiger partial charge < -0.3 is 25.4 Å². The number of nitriles is 1. The third-order valence-corrected chi connectivity index (χ3v) is 6.13. The van der Waals surface area contributed by atoms with Crippen LogP contribution >= 0.6 is 0 Å². The van der Waals surface area contributed by atoms with Gasteiger partial charge in [0.2, 0.25) is 12.7 Å². The third kappa shape index (κ3) is 1.88. The standard InChI is InChI=1S/C22H16N4O3/c23-10-15-20(24)26-6-5-12-7-18-19(29-11-28-18)8-13(12)17(26)9-22(15)14-3-1-2-4-16(14)25-21(22)27/h1-4,7-9H,5-6,11,24H2,(H,25,27)/t22-/m0/s1. The van der Waals surface area contributed by atoms with Crippen LogP contribution in [0.15, 0.2) is 53.9 Å². The van der Waals surface area contributed by atoms with Crippen LogP contribution in [-0.2, 0) is 16.6 Å². The van der Waals surface area contributed by atoms with E-state index in [0.717, 1.165) is 34.6 Å². The lowest BCUT2D eigenvalue weighted by Gasteiger charge is -2.41. The molecule has 1 atom stereocenters. The number of para-hydroxylation sites is 1. The molecule has 7 heteroatoms. The number of nitrogens with two attached hydrogens (primary N) is 1. The first-order chi connectivity index (χ1) is 14.1. The molecule has 7 nitrogen and oxygen atoms in total. The molecule has 0 aromatic heterocycles. The van der Waals surface area contributed by atoms with Crippen LogP contribution in [0.1, 0.15) is 16.7 Å². The summed E-state index contributed by atoms with van der Waals surface area (Å²) >= 11 is 0. The van der Waals surface area contributed by atoms with E-state index >= 15 is 0 Å². The Bertz CT molecular complexity index is 1220. The Kier molecular flexibility index (Phi) is 2.95. The molecule has 0 radical (unpaired) electrons. The van der Waals surface area contributed by atoms with Gasteiger partial charge in [0, 0.05) is 29.1 Å². The zero-order valence-electron chi connectivity index (χ0n) is 15.4. The van der Waals surface area contributed by atoms with E-state index in [-0.39, 0.29) is 18.3 Å². The van der Waals surface area contributed by atoms with E-state index in [2.05, 4.69) is 11.4 Å². The van der Waals surface area contributed by atoms with Gasteiger partial charge in [-0.15, -0.1) is 0 Å². The highest BCUT2D eigenvalue weighted by atomic mass is 16.7. The van der Waals surface area contributed by atoms with Gasteiger partial charge >= 0.3 is 0 Å². The zero-order chi connectivity index (χ0) is 19.8. The maximum absolute atomic E-state index is 13.2. The molecule has 0 saturated heterocycles. The molecule has 6 rings (SSSR count). The summed E-state index contributed by atoms with van der Waals surface area (Å²) in [5, 5.41) is 12.9. The van der Waals surface area contributed by atoms with E-state index in [0.29, 0.717) is 23.8 Å². The number of carbonyl (C=O) groups is 1. The summed E-state index contributed by atoms with van der Waals surface area (Å²) in [6.07, 6.45) is 2.63. The fourth-order valence-electron chi connectivity index (χ4n) is 4.76. The van der Waals surface area contributed by atoms with Crippen molar-refractivity contribution in [3.8, 4) is 17.6 Å². The topological polar surface area (TPSA) is 101 Å². The number of carbonyl (C=O) groups excluding carboxylic acids is 1. The van der Waals surface area contributed by atoms with Crippen molar-refractivity contribution in [2.75, 3.05) is 18.7 Å². The Balaban J connectivity index is 1.64. The highest BCUT2D eigenvalue weighted by Gasteiger charge is 2.53. The molecule has 4 aliphatic heterocycles. The van der Waals surface area contributed by atoms with Crippen molar-refractivity contribution in [3.05, 3.63) is 70.6 Å². The first kappa shape index (κ1) is 16.1. The molecule has 0 bridgehead atoms. The van der Waals surface area contributed by atoms with Crippen LogP contribution in [0.3, 0.4) is 0 Å². The molecule has 2 aromatic carbocycles. The van der Waals surface area contributed by atoms with E-state index < -0.39 is 5.41 Å². The maximum atomic E-state index is 13.2. The normalized spacial score (nSPS) is 23.2. The van der Waals surface area contributed by atoms with Crippen molar-refractivity contribution < 1.29 is 14.3 Å². The van der Waals surface area contributed by atoms with Gasteiger partial charge in [0.05, 0.1) is 5.57 Å². The summed E-state index contributed by atoms with van der Waals surface area (Å²) in [4.78, 5) is 15.2. The minimum Gasteiger partial charge on any atom is -0.454 e. The number of ether oxygens (including phenoxy) is 2. The van der Waals surface area contributed by atoms with Crippen molar-refractivity contribution in [2.24, 2.45) is 5.73 Å². The van der Waals surface area contributed by atoms with Gasteiger partial charge in [-0.1, -0.05) is 18.2 Å². The van der Waals surface area contributed by atoms with Crippen LogP contribution in [0.25, 0.3) is 5.70 Å². The molecule has 4 aliphatic rings. The van der Waals surface area contributed by atoms with E-state index in [1.54, 1.807) is 0 Å². The van der Waals surface area contributed by atoms with Gasteiger partial charge in [-0.3, -0.25) is 4.79 Å². The largest absolute Gasteiger partial charge is 0.454 e. The van der Waals surface area contributed by atoms with Crippen LogP contribution in [-0.4, -0.2) is 24.1 Å². The minimum atomic E-state index is -1.24. The van der Waals surface area contributed by atoms with E-state index in [4.69, 9.17) is 15.2 Å². The second-order valence-corrected chi connectivity index (χ2v) is 7.47. The smallest absolute Gasteiger partial charge is 0.244 e. The molecular weight excluding hydrogens is 368 g/mol. The summed E-state index contributed by atoms with van der Waals surface area (Å²) in [7, 11) is 0. The predicted octanol–water partition coefficient (Wildman–Crippen LogP) is 2.21. The predicted molar refractivity (Wildman–Crippen MR) is 105 cm³/mol. The fourth-order valence-corrected chi connectivity index (χ4v) is 4.76. The van der Waals surface area contributed by atoms with Crippen molar-refractivity contribution in [1.82, 2.24) is 4.90 Å². The highest BCUT2D eigenvalue weighted by Crippen LogP contribution is 2.51. The molecular formula is C22H16N4O3. The molecule has 3 N–H and O–H groups in total. The quantitative estimate of drug-likeness (QED) is 0.722. The summed E-state index contributed by atoms with van der Waals surface area (Å²) in [6, 6.07) is 13.6. The Labute approximate surface area is 166 Å². The molecule has 0 fully saturated rings. The lowest BCUT2D eigenvalue weighted by atomic mass is 9.71. The molecule has 29 heavy (non-hydrogen) atoms. The minimum absolute atomic E-state index is 0.196. The Morgan fingerprint density at radius 1 is 1.21 bits per heavy atom. The molecule has 2 aromatic rings. The Morgan fingerprint density at radius 3 is 2.83 bits per heavy atom. The van der Waals surface area contributed by atoms with Gasteiger partial charge in [-0.25, -0.2) is 0 Å². The summed E-state index contributed by atoms with van der Waals surface area (Å²) in [5.74, 6) is 1.46. The Hall–Kier alpha value is -3.92. The SMILES string of the molecule is N#CC1=C(N)N2CCc3cc4c(cc3C2=C[C@@]12C(=O)Nc1ccccc12)OCO4. The van der Waals surface area contributed by atoms with Gasteiger partial charge in [0.25, 0.3) is 0 Å². The fraction of sp³-hybridized carbons (Fsp3) is 0.182. The number of benzene rings is 2. The first-order valence-electron chi connectivity index (χ1n) is 9.38. The van der Waals surface area contributed by atoms with Crippen LogP contribution < -0.4 is 20.5 Å². The number of rotatable bonds is 0. The highest BCUT2D eigenvalue weighted by molar-refractivity contribution is 6.12. The van der Waals surface area contributed by atoms with Crippen molar-refractivity contribution in [2.45, 2.75) is 11.8 Å². The molecule has 1 amide bonds. The van der Waals surface area contributed by atoms with E-state index in [1.165, 1.54) is 0 Å². The first-order valence-corrected chi connectivity index (χ1v) is 9.38. The number of anilines is 1. The van der Waals surface area contributed by atoms with Crippen molar-refractivity contribution >= 4 is 17.3 Å². The molecule has 4 heterocycles. The average Bonchev–Trinajstić information content (AvgIpc) is 3.29. The molecule has 0 saturated carbocycles. The van der Waals surface area contributed by atoms with E-state index in [9.17, 15) is 10.1 Å². The number of hydrogen-bond acceptors (Lipinski definition) is 6. The number of fused-ring (bicyclic) bond motifs is 6. The monoisotopic (exact) mass is 384 g/mol. The van der Waals surface area contributed by atoms with E-state index in [1.807, 2.05) is 47.4 Å². The third-order valence-electron chi connectivity index (χ3n) is 6.13. The number of nitrogens with one attached hydrogen (secondary N) is 1. The lowest BCUT2D eigenvalue weighted by Crippen LogP contribution is -2.45. The van der Waals surface area contributed by atoms with Crippen LogP contribution in [0.5, 0.6) is 11.5 Å². The molecule has 0 unspecified atom stereocenters. The van der Waals surface area contributed by atoms with Crippen LogP contribution in [0.4, 0.5) is 5.69 Å². The van der Waals surface area contributed by atoms with Crippen LogP contribution in [0.2, 0.25) is 0 Å². The summed E-state index contributed by atoms with van der Waals surface area (Å²) < 4.78 is 11.1. The Morgan fingerprint density at radius 2 is 2.00 bits per heavy atom. The molecule has 142 valence electrons. The number of hydrogen-bond donors (Lipinski definition) is 2. The number of amides is 1. The van der Waals surface area contributed by atoms with Gasteiger partial charge in [0.15, 0.2) is 11.5 Å². The lowest BCUT2D eigenvalue weighted by molar-refractivity contribution is -0.118.